The Morgan fingerprint density at radius 2 is 1.33 bits per heavy atom. The van der Waals surface area contributed by atoms with Crippen LogP contribution in [0, 0.1) is 11.8 Å². The van der Waals surface area contributed by atoms with Crippen LogP contribution in [0.5, 0.6) is 0 Å². The Morgan fingerprint density at radius 1 is 0.786 bits per heavy atom. The molecule has 0 heterocycles. The zero-order valence-electron chi connectivity index (χ0n) is 24.0. The fraction of sp³-hybridized carbons (Fsp3) is 0.270. The first-order valence-electron chi connectivity index (χ1n) is 14.9. The van der Waals surface area contributed by atoms with Crippen LogP contribution in [0.1, 0.15) is 54.4 Å². The number of aliphatic hydroxyl groups is 1. The van der Waals surface area contributed by atoms with E-state index in [1.807, 2.05) is 24.3 Å². The number of halogens is 1. The summed E-state index contributed by atoms with van der Waals surface area (Å²) in [5, 5.41) is 15.0. The van der Waals surface area contributed by atoms with E-state index in [1.165, 1.54) is 15.9 Å². The van der Waals surface area contributed by atoms with E-state index < -0.39 is 10.9 Å². The van der Waals surface area contributed by atoms with E-state index in [4.69, 9.17) is 0 Å². The van der Waals surface area contributed by atoms with Gasteiger partial charge >= 0.3 is 228 Å². The minimum absolute atomic E-state index is 0.0833. The second-order valence-electron chi connectivity index (χ2n) is 11.3. The summed E-state index contributed by atoms with van der Waals surface area (Å²) in [4.78, 5) is 13.1. The molecule has 3 nitrogen and oxygen atoms in total. The van der Waals surface area contributed by atoms with Crippen molar-refractivity contribution < 1.29 is 9.90 Å². The number of hydrogen-bond acceptors (Lipinski definition) is 2. The summed E-state index contributed by atoms with van der Waals surface area (Å²) in [7, 11) is 0. The van der Waals surface area contributed by atoms with Crippen molar-refractivity contribution in [1.29, 1.82) is 0 Å². The number of benzene rings is 4. The molecule has 1 atom stereocenters. The third-order valence-corrected chi connectivity index (χ3v) is 18.4. The molecule has 4 aromatic carbocycles. The molecule has 0 spiro atoms. The second kappa shape index (κ2) is 13.4. The number of amides is 1. The van der Waals surface area contributed by atoms with Gasteiger partial charge in [0.15, 0.2) is 0 Å². The fourth-order valence-electron chi connectivity index (χ4n) is 6.07. The van der Waals surface area contributed by atoms with Gasteiger partial charge in [-0.15, -0.1) is 5.92 Å². The number of rotatable bonds is 10. The van der Waals surface area contributed by atoms with Gasteiger partial charge in [0.2, 0.25) is 0 Å². The molecule has 0 aromatic heterocycles. The maximum absolute atomic E-state index is 13.1. The molecule has 0 aliphatic heterocycles. The van der Waals surface area contributed by atoms with E-state index >= 15 is 0 Å². The SMILES string of the molecule is O=C(NCCCP(Br)(c1ccccc1)(c1ccccc1)c1ccccc1)c1ccc(CC2(O)C#CCCCCC2)cc1. The van der Waals surface area contributed by atoms with Crippen LogP contribution >= 0.6 is 20.8 Å². The Bertz CT molecular complexity index is 1430. The van der Waals surface area contributed by atoms with Crippen LogP contribution < -0.4 is 21.2 Å². The van der Waals surface area contributed by atoms with Crippen LogP contribution in [-0.2, 0) is 6.42 Å². The van der Waals surface area contributed by atoms with Crippen molar-refractivity contribution in [1.82, 2.24) is 5.32 Å². The predicted molar refractivity (Wildman–Crippen MR) is 182 cm³/mol. The van der Waals surface area contributed by atoms with Gasteiger partial charge in [-0.3, -0.25) is 0 Å². The number of carbonyl (C=O) groups is 1. The van der Waals surface area contributed by atoms with Crippen molar-refractivity contribution >= 4 is 42.6 Å². The molecule has 5 rings (SSSR count). The molecule has 0 bridgehead atoms. The van der Waals surface area contributed by atoms with Gasteiger partial charge in [0.1, 0.15) is 0 Å². The van der Waals surface area contributed by atoms with E-state index in [0.717, 1.165) is 43.8 Å². The van der Waals surface area contributed by atoms with Crippen molar-refractivity contribution in [3.05, 3.63) is 126 Å². The zero-order chi connectivity index (χ0) is 29.3. The molecule has 1 aliphatic carbocycles. The van der Waals surface area contributed by atoms with Gasteiger partial charge in [-0.2, -0.15) is 0 Å². The maximum atomic E-state index is 13.1. The molecular formula is C37H39BrNO2P. The summed E-state index contributed by atoms with van der Waals surface area (Å²) in [6, 6.07) is 39.8. The molecule has 5 heteroatoms. The molecule has 0 radical (unpaired) electrons. The van der Waals surface area contributed by atoms with E-state index in [1.54, 1.807) is 0 Å². The average Bonchev–Trinajstić information content (AvgIpc) is 3.03. The van der Waals surface area contributed by atoms with Crippen molar-refractivity contribution in [2.24, 2.45) is 0 Å². The van der Waals surface area contributed by atoms with E-state index in [0.29, 0.717) is 24.9 Å². The first-order valence-corrected chi connectivity index (χ1v) is 19.3. The van der Waals surface area contributed by atoms with E-state index in [9.17, 15) is 9.90 Å². The molecule has 4 aromatic rings. The summed E-state index contributed by atoms with van der Waals surface area (Å²) in [5.41, 5.74) is 0.636. The van der Waals surface area contributed by atoms with Gasteiger partial charge in [0, 0.05) is 6.42 Å². The topological polar surface area (TPSA) is 49.3 Å². The van der Waals surface area contributed by atoms with Gasteiger partial charge in [-0.1, -0.05) is 6.42 Å². The molecule has 2 N–H and O–H groups in total. The van der Waals surface area contributed by atoms with Crippen molar-refractivity contribution in [3.63, 3.8) is 0 Å². The first-order chi connectivity index (χ1) is 20.4. The average molecular weight is 641 g/mol. The number of nitrogens with one attached hydrogen (secondary N) is 1. The van der Waals surface area contributed by atoms with Crippen molar-refractivity contribution in [2.45, 2.75) is 50.5 Å². The monoisotopic (exact) mass is 639 g/mol. The normalized spacial score (nSPS) is 17.9. The number of carbonyl (C=O) groups excluding carboxylic acids is 1. The van der Waals surface area contributed by atoms with E-state index in [2.05, 4.69) is 124 Å². The van der Waals surface area contributed by atoms with Crippen LogP contribution in [0.2, 0.25) is 0 Å². The third-order valence-electron chi connectivity index (χ3n) is 8.35. The summed E-state index contributed by atoms with van der Waals surface area (Å²) in [6.07, 6.45) is 6.90. The summed E-state index contributed by atoms with van der Waals surface area (Å²) in [5.74, 6) is 6.15. The van der Waals surface area contributed by atoms with Crippen molar-refractivity contribution in [3.8, 4) is 11.8 Å². The van der Waals surface area contributed by atoms with Crippen LogP contribution in [-0.4, -0.2) is 29.3 Å². The number of hydrogen-bond donors (Lipinski definition) is 2. The molecule has 1 aliphatic rings. The Balaban J connectivity index is 1.30. The molecule has 1 unspecified atom stereocenters. The van der Waals surface area contributed by atoms with Crippen molar-refractivity contribution in [2.75, 3.05) is 12.7 Å². The Labute approximate surface area is 258 Å². The van der Waals surface area contributed by atoms with Crippen LogP contribution in [0.3, 0.4) is 0 Å². The van der Waals surface area contributed by atoms with Crippen LogP contribution in [0.25, 0.3) is 0 Å². The van der Waals surface area contributed by atoms with Gasteiger partial charge in [-0.25, -0.2) is 0 Å². The minimum atomic E-state index is -3.01. The molecule has 0 saturated carbocycles. The molecule has 0 fully saturated rings. The molecule has 216 valence electrons. The molecule has 0 saturated heterocycles. The molecule has 42 heavy (non-hydrogen) atoms. The summed E-state index contributed by atoms with van der Waals surface area (Å²) in [6.45, 7) is 0.561. The first kappa shape index (κ1) is 30.2. The standard InChI is InChI=1S/C37H39BrNO2P/c38-42(33-16-7-4-8-17-33,34-18-9-5-10-19-34,35-20-11-6-12-21-35)29-15-28-39-36(40)32-24-22-31(23-25-32)30-37(41)26-13-2-1-3-14-27-37/h4-12,16-25,41H,1-3,13,15,26,28-30H2,(H,39,40). The van der Waals surface area contributed by atoms with Gasteiger partial charge in [0.25, 0.3) is 0 Å². The van der Waals surface area contributed by atoms with E-state index in [-0.39, 0.29) is 5.91 Å². The summed E-state index contributed by atoms with van der Waals surface area (Å²) < 4.78 is 0. The van der Waals surface area contributed by atoms with Gasteiger partial charge < -0.3 is 0 Å². The second-order valence-corrected chi connectivity index (χ2v) is 20.3. The predicted octanol–water partition coefficient (Wildman–Crippen LogP) is 6.89. The molecule has 1 amide bonds. The van der Waals surface area contributed by atoms with Gasteiger partial charge in [-0.05, 0) is 12.8 Å². The zero-order valence-corrected chi connectivity index (χ0v) is 26.5. The Kier molecular flexibility index (Phi) is 9.64. The quantitative estimate of drug-likeness (QED) is 0.113. The van der Waals surface area contributed by atoms with Crippen LogP contribution in [0.15, 0.2) is 115 Å². The Morgan fingerprint density at radius 3 is 1.88 bits per heavy atom. The Hall–Kier alpha value is -3.22. The fourth-order valence-corrected chi connectivity index (χ4v) is 13.8. The van der Waals surface area contributed by atoms with Gasteiger partial charge in [0.05, 0.1) is 0 Å². The molecular weight excluding hydrogens is 601 g/mol. The third kappa shape index (κ3) is 6.55. The summed E-state index contributed by atoms with van der Waals surface area (Å²) >= 11 is 4.48. The van der Waals surface area contributed by atoms with Crippen LogP contribution in [0.4, 0.5) is 0 Å².